The Morgan fingerprint density at radius 2 is 1.94 bits per heavy atom. The summed E-state index contributed by atoms with van der Waals surface area (Å²) in [5, 5.41) is 5.75. The second-order valence-electron chi connectivity index (χ2n) is 5.00. The minimum Gasteiger partial charge on any atom is -0.303 e. The van der Waals surface area contributed by atoms with Gasteiger partial charge in [0.25, 0.3) is 0 Å². The molecule has 2 unspecified atom stereocenters. The third-order valence-electron chi connectivity index (χ3n) is 3.81. The fraction of sp³-hybridized carbons (Fsp3) is 0.833. The van der Waals surface area contributed by atoms with Gasteiger partial charge in [0.1, 0.15) is 0 Å². The first-order valence-corrected chi connectivity index (χ1v) is 6.26. The molecule has 1 aliphatic carbocycles. The highest BCUT2D eigenvalue weighted by Crippen LogP contribution is 2.28. The number of hydrogen-bond donors (Lipinski definition) is 2. The summed E-state index contributed by atoms with van der Waals surface area (Å²) in [6.07, 6.45) is 6.25. The molecule has 2 rings (SSSR count). The SMILES string of the molecule is CC(NC1CCC(=O)NC1=O)C1CCCC1. The standard InChI is InChI=1S/C12H20N2O2/c1-8(9-4-2-3-5-9)13-10-6-7-11(15)14-12(10)16/h8-10,13H,2-7H2,1H3,(H,14,15,16). The molecule has 0 spiro atoms. The third kappa shape index (κ3) is 2.61. The largest absolute Gasteiger partial charge is 0.303 e. The van der Waals surface area contributed by atoms with E-state index in [4.69, 9.17) is 0 Å². The average Bonchev–Trinajstić information content (AvgIpc) is 2.75. The third-order valence-corrected chi connectivity index (χ3v) is 3.81. The molecule has 2 atom stereocenters. The van der Waals surface area contributed by atoms with E-state index in [1.807, 2.05) is 0 Å². The Morgan fingerprint density at radius 1 is 1.25 bits per heavy atom. The molecule has 0 bridgehead atoms. The van der Waals surface area contributed by atoms with Crippen LogP contribution in [-0.4, -0.2) is 23.9 Å². The first-order chi connectivity index (χ1) is 7.66. The summed E-state index contributed by atoms with van der Waals surface area (Å²) < 4.78 is 0. The van der Waals surface area contributed by atoms with Crippen molar-refractivity contribution in [2.45, 2.75) is 57.5 Å². The molecular formula is C12H20N2O2. The minimum absolute atomic E-state index is 0.142. The van der Waals surface area contributed by atoms with E-state index in [2.05, 4.69) is 17.6 Å². The van der Waals surface area contributed by atoms with Gasteiger partial charge in [0.15, 0.2) is 0 Å². The smallest absolute Gasteiger partial charge is 0.243 e. The average molecular weight is 224 g/mol. The second kappa shape index (κ2) is 4.95. The van der Waals surface area contributed by atoms with Crippen LogP contribution >= 0.6 is 0 Å². The molecule has 2 N–H and O–H groups in total. The number of nitrogens with one attached hydrogen (secondary N) is 2. The van der Waals surface area contributed by atoms with Crippen molar-refractivity contribution in [3.8, 4) is 0 Å². The summed E-state index contributed by atoms with van der Waals surface area (Å²) in [4.78, 5) is 22.6. The van der Waals surface area contributed by atoms with Crippen LogP contribution in [0.15, 0.2) is 0 Å². The highest BCUT2D eigenvalue weighted by atomic mass is 16.2. The molecule has 1 saturated carbocycles. The fourth-order valence-electron chi connectivity index (χ4n) is 2.76. The molecule has 2 amide bonds. The van der Waals surface area contributed by atoms with Gasteiger partial charge in [0, 0.05) is 12.5 Å². The van der Waals surface area contributed by atoms with E-state index in [0.29, 0.717) is 24.8 Å². The van der Waals surface area contributed by atoms with Gasteiger partial charge in [0.2, 0.25) is 11.8 Å². The number of piperidine rings is 1. The molecular weight excluding hydrogens is 204 g/mol. The molecule has 0 aromatic carbocycles. The maximum Gasteiger partial charge on any atom is 0.243 e. The Kier molecular flexibility index (Phi) is 3.59. The molecule has 4 heteroatoms. The number of carbonyl (C=O) groups is 2. The monoisotopic (exact) mass is 224 g/mol. The predicted molar refractivity (Wildman–Crippen MR) is 60.7 cm³/mol. The van der Waals surface area contributed by atoms with Gasteiger partial charge >= 0.3 is 0 Å². The summed E-state index contributed by atoms with van der Waals surface area (Å²) in [5.41, 5.74) is 0. The Bertz CT molecular complexity index is 285. The molecule has 4 nitrogen and oxygen atoms in total. The normalized spacial score (nSPS) is 29.2. The first kappa shape index (κ1) is 11.6. The second-order valence-corrected chi connectivity index (χ2v) is 5.00. The molecule has 90 valence electrons. The summed E-state index contributed by atoms with van der Waals surface area (Å²) in [5.74, 6) is 0.406. The molecule has 2 aliphatic rings. The molecule has 16 heavy (non-hydrogen) atoms. The van der Waals surface area contributed by atoms with Crippen LogP contribution in [0.2, 0.25) is 0 Å². The Morgan fingerprint density at radius 3 is 2.56 bits per heavy atom. The molecule has 1 saturated heterocycles. The molecule has 0 aromatic rings. The number of hydrogen-bond acceptors (Lipinski definition) is 3. The van der Waals surface area contributed by atoms with Crippen LogP contribution in [0.5, 0.6) is 0 Å². The molecule has 0 aromatic heterocycles. The number of imide groups is 1. The van der Waals surface area contributed by atoms with Crippen LogP contribution in [0, 0.1) is 5.92 Å². The van der Waals surface area contributed by atoms with E-state index < -0.39 is 0 Å². The van der Waals surface area contributed by atoms with Crippen LogP contribution in [-0.2, 0) is 9.59 Å². The van der Waals surface area contributed by atoms with E-state index in [0.717, 1.165) is 0 Å². The molecule has 2 fully saturated rings. The van der Waals surface area contributed by atoms with E-state index in [9.17, 15) is 9.59 Å². The summed E-state index contributed by atoms with van der Waals surface area (Å²) in [7, 11) is 0. The quantitative estimate of drug-likeness (QED) is 0.702. The lowest BCUT2D eigenvalue weighted by molar-refractivity contribution is -0.134. The van der Waals surface area contributed by atoms with Crippen molar-refractivity contribution in [2.24, 2.45) is 5.92 Å². The van der Waals surface area contributed by atoms with E-state index in [1.54, 1.807) is 0 Å². The van der Waals surface area contributed by atoms with Crippen molar-refractivity contribution < 1.29 is 9.59 Å². The van der Waals surface area contributed by atoms with Gasteiger partial charge < -0.3 is 5.32 Å². The lowest BCUT2D eigenvalue weighted by Crippen LogP contribution is -2.53. The lowest BCUT2D eigenvalue weighted by Gasteiger charge is -2.28. The summed E-state index contributed by atoms with van der Waals surface area (Å²) in [6.45, 7) is 2.15. The van der Waals surface area contributed by atoms with Gasteiger partial charge in [-0.3, -0.25) is 14.9 Å². The van der Waals surface area contributed by atoms with Gasteiger partial charge in [-0.05, 0) is 32.1 Å². The van der Waals surface area contributed by atoms with Gasteiger partial charge in [0.05, 0.1) is 6.04 Å². The van der Waals surface area contributed by atoms with E-state index >= 15 is 0 Å². The van der Waals surface area contributed by atoms with E-state index in [1.165, 1.54) is 25.7 Å². The Labute approximate surface area is 96.2 Å². The van der Waals surface area contributed by atoms with E-state index in [-0.39, 0.29) is 17.9 Å². The fourth-order valence-corrected chi connectivity index (χ4v) is 2.76. The summed E-state index contributed by atoms with van der Waals surface area (Å²) in [6, 6.07) is 0.208. The highest BCUT2D eigenvalue weighted by Gasteiger charge is 2.30. The zero-order valence-corrected chi connectivity index (χ0v) is 9.79. The van der Waals surface area contributed by atoms with Crippen molar-refractivity contribution in [3.05, 3.63) is 0 Å². The lowest BCUT2D eigenvalue weighted by atomic mass is 9.97. The maximum atomic E-state index is 11.6. The van der Waals surface area contributed by atoms with Crippen LogP contribution in [0.1, 0.15) is 45.4 Å². The van der Waals surface area contributed by atoms with Gasteiger partial charge in [-0.25, -0.2) is 0 Å². The molecule has 1 heterocycles. The Balaban J connectivity index is 1.84. The number of carbonyl (C=O) groups excluding carboxylic acids is 2. The van der Waals surface area contributed by atoms with Crippen LogP contribution in [0.3, 0.4) is 0 Å². The van der Waals surface area contributed by atoms with Gasteiger partial charge in [-0.15, -0.1) is 0 Å². The maximum absolute atomic E-state index is 11.6. The highest BCUT2D eigenvalue weighted by molar-refractivity contribution is 6.00. The van der Waals surface area contributed by atoms with Gasteiger partial charge in [-0.1, -0.05) is 12.8 Å². The zero-order chi connectivity index (χ0) is 11.5. The number of rotatable bonds is 3. The van der Waals surface area contributed by atoms with Crippen molar-refractivity contribution in [1.29, 1.82) is 0 Å². The topological polar surface area (TPSA) is 58.2 Å². The minimum atomic E-state index is -0.173. The summed E-state index contributed by atoms with van der Waals surface area (Å²) >= 11 is 0. The van der Waals surface area contributed by atoms with Crippen LogP contribution < -0.4 is 10.6 Å². The molecule has 0 radical (unpaired) electrons. The van der Waals surface area contributed by atoms with Gasteiger partial charge in [-0.2, -0.15) is 0 Å². The zero-order valence-electron chi connectivity index (χ0n) is 9.79. The number of amides is 2. The molecule has 1 aliphatic heterocycles. The van der Waals surface area contributed by atoms with Crippen LogP contribution in [0.4, 0.5) is 0 Å². The van der Waals surface area contributed by atoms with Crippen molar-refractivity contribution in [2.75, 3.05) is 0 Å². The predicted octanol–water partition coefficient (Wildman–Crippen LogP) is 0.960. The van der Waals surface area contributed by atoms with Crippen molar-refractivity contribution in [1.82, 2.24) is 10.6 Å². The van der Waals surface area contributed by atoms with Crippen molar-refractivity contribution >= 4 is 11.8 Å². The Hall–Kier alpha value is -0.900. The van der Waals surface area contributed by atoms with Crippen LogP contribution in [0.25, 0.3) is 0 Å². The first-order valence-electron chi connectivity index (χ1n) is 6.26. The van der Waals surface area contributed by atoms with Crippen molar-refractivity contribution in [3.63, 3.8) is 0 Å².